The molecule has 1 unspecified atom stereocenters. The van der Waals surface area contributed by atoms with E-state index in [9.17, 15) is 9.59 Å². The number of carbonyl (C=O) groups excluding carboxylic acids is 2. The van der Waals surface area contributed by atoms with E-state index in [1.54, 1.807) is 7.11 Å². The van der Waals surface area contributed by atoms with Crippen molar-refractivity contribution >= 4 is 22.6 Å². The number of likely N-dealkylation sites (tertiary alicyclic amines) is 1. The summed E-state index contributed by atoms with van der Waals surface area (Å²) in [7, 11) is 1.65. The predicted molar refractivity (Wildman–Crippen MR) is 97.7 cm³/mol. The molecule has 1 atom stereocenters. The average Bonchev–Trinajstić information content (AvgIpc) is 3.05. The lowest BCUT2D eigenvalue weighted by Gasteiger charge is -2.17. The Hall–Kier alpha value is -2.56. The van der Waals surface area contributed by atoms with Crippen LogP contribution in [-0.4, -0.2) is 43.5 Å². The van der Waals surface area contributed by atoms with Gasteiger partial charge in [0.05, 0.1) is 13.0 Å². The average molecular weight is 340 g/mol. The lowest BCUT2D eigenvalue weighted by atomic mass is 9.97. The van der Waals surface area contributed by atoms with E-state index in [4.69, 9.17) is 4.74 Å². The van der Waals surface area contributed by atoms with Crippen LogP contribution in [0.4, 0.5) is 0 Å². The number of nitrogens with one attached hydrogen (secondary N) is 1. The van der Waals surface area contributed by atoms with Gasteiger partial charge in [0.25, 0.3) is 0 Å². The first-order chi connectivity index (χ1) is 12.1. The van der Waals surface area contributed by atoms with Gasteiger partial charge in [-0.3, -0.25) is 9.59 Å². The van der Waals surface area contributed by atoms with Crippen LogP contribution in [0.1, 0.15) is 31.2 Å². The summed E-state index contributed by atoms with van der Waals surface area (Å²) >= 11 is 0. The molecule has 1 saturated heterocycles. The van der Waals surface area contributed by atoms with E-state index in [0.717, 1.165) is 35.1 Å². The van der Waals surface area contributed by atoms with Crippen LogP contribution in [0.15, 0.2) is 36.4 Å². The number of hydrogen-bond donors (Lipinski definition) is 1. The van der Waals surface area contributed by atoms with E-state index in [1.807, 2.05) is 48.2 Å². The van der Waals surface area contributed by atoms with Gasteiger partial charge in [0, 0.05) is 26.1 Å². The summed E-state index contributed by atoms with van der Waals surface area (Å²) in [6.45, 7) is 3.80. The Balaban J connectivity index is 1.61. The zero-order valence-electron chi connectivity index (χ0n) is 14.7. The van der Waals surface area contributed by atoms with E-state index >= 15 is 0 Å². The molecule has 2 aromatic carbocycles. The van der Waals surface area contributed by atoms with E-state index in [2.05, 4.69) is 5.32 Å². The highest BCUT2D eigenvalue weighted by Gasteiger charge is 2.20. The van der Waals surface area contributed by atoms with Gasteiger partial charge in [-0.15, -0.1) is 0 Å². The van der Waals surface area contributed by atoms with Crippen LogP contribution < -0.4 is 10.1 Å². The summed E-state index contributed by atoms with van der Waals surface area (Å²) in [4.78, 5) is 25.8. The van der Waals surface area contributed by atoms with Crippen molar-refractivity contribution in [3.8, 4) is 5.75 Å². The maximum absolute atomic E-state index is 12.4. The number of carbonyl (C=O) groups is 2. The first kappa shape index (κ1) is 17.3. The van der Waals surface area contributed by atoms with Crippen molar-refractivity contribution in [2.45, 2.75) is 25.7 Å². The molecule has 0 aliphatic carbocycles. The molecule has 25 heavy (non-hydrogen) atoms. The zero-order valence-corrected chi connectivity index (χ0v) is 14.7. The summed E-state index contributed by atoms with van der Waals surface area (Å²) in [6.07, 6.45) is 1.55. The minimum Gasteiger partial charge on any atom is -0.497 e. The first-order valence-electron chi connectivity index (χ1n) is 8.71. The third-order valence-electron chi connectivity index (χ3n) is 4.82. The van der Waals surface area contributed by atoms with Gasteiger partial charge in [0.2, 0.25) is 11.8 Å². The highest BCUT2D eigenvalue weighted by Crippen LogP contribution is 2.25. The number of amides is 2. The minimum atomic E-state index is -0.235. The highest BCUT2D eigenvalue weighted by molar-refractivity contribution is 5.88. The van der Waals surface area contributed by atoms with Crippen LogP contribution in [0.25, 0.3) is 10.8 Å². The lowest BCUT2D eigenvalue weighted by molar-refractivity contribution is -0.128. The number of rotatable bonds is 6. The fraction of sp³-hybridized carbons (Fsp3) is 0.400. The number of nitrogens with zero attached hydrogens (tertiary/aromatic N) is 1. The van der Waals surface area contributed by atoms with Crippen molar-refractivity contribution in [2.75, 3.05) is 26.7 Å². The van der Waals surface area contributed by atoms with E-state index < -0.39 is 0 Å². The second-order valence-corrected chi connectivity index (χ2v) is 6.47. The highest BCUT2D eigenvalue weighted by atomic mass is 16.5. The quantitative estimate of drug-likeness (QED) is 0.879. The number of fused-ring (bicyclic) bond motifs is 1. The Bertz CT molecular complexity index is 788. The molecule has 0 aromatic heterocycles. The summed E-state index contributed by atoms with van der Waals surface area (Å²) < 4.78 is 5.24. The number of benzene rings is 2. The topological polar surface area (TPSA) is 58.6 Å². The Morgan fingerprint density at radius 2 is 2.00 bits per heavy atom. The van der Waals surface area contributed by atoms with Crippen LogP contribution >= 0.6 is 0 Å². The smallest absolute Gasteiger partial charge is 0.227 e. The number of methoxy groups -OCH3 is 1. The van der Waals surface area contributed by atoms with Gasteiger partial charge < -0.3 is 15.0 Å². The van der Waals surface area contributed by atoms with Gasteiger partial charge in [0.15, 0.2) is 0 Å². The van der Waals surface area contributed by atoms with Gasteiger partial charge in [-0.2, -0.15) is 0 Å². The molecule has 3 rings (SSSR count). The van der Waals surface area contributed by atoms with Gasteiger partial charge in [-0.05, 0) is 41.8 Å². The molecule has 1 aliphatic heterocycles. The SMILES string of the molecule is COc1ccc2cc(C(C)C(=O)NCCN3CCCC3=O)ccc2c1. The van der Waals surface area contributed by atoms with Crippen LogP contribution in [-0.2, 0) is 9.59 Å². The van der Waals surface area contributed by atoms with Crippen LogP contribution in [0.2, 0.25) is 0 Å². The Morgan fingerprint density at radius 3 is 2.72 bits per heavy atom. The molecule has 0 radical (unpaired) electrons. The summed E-state index contributed by atoms with van der Waals surface area (Å²) in [5.74, 6) is 0.759. The van der Waals surface area contributed by atoms with Crippen molar-refractivity contribution in [2.24, 2.45) is 0 Å². The van der Waals surface area contributed by atoms with Crippen LogP contribution in [0, 0.1) is 0 Å². The molecule has 1 aliphatic rings. The monoisotopic (exact) mass is 340 g/mol. The predicted octanol–water partition coefficient (Wildman–Crippen LogP) is 2.69. The van der Waals surface area contributed by atoms with E-state index in [1.165, 1.54) is 0 Å². The normalized spacial score (nSPS) is 15.4. The molecule has 1 N–H and O–H groups in total. The Morgan fingerprint density at radius 1 is 1.24 bits per heavy atom. The summed E-state index contributed by atoms with van der Waals surface area (Å²) in [6, 6.07) is 11.9. The zero-order chi connectivity index (χ0) is 17.8. The van der Waals surface area contributed by atoms with Crippen molar-refractivity contribution in [1.82, 2.24) is 10.2 Å². The maximum Gasteiger partial charge on any atom is 0.227 e. The Labute approximate surface area is 148 Å². The molecule has 132 valence electrons. The molecule has 5 nitrogen and oxygen atoms in total. The summed E-state index contributed by atoms with van der Waals surface area (Å²) in [5, 5.41) is 5.11. The van der Waals surface area contributed by atoms with Gasteiger partial charge >= 0.3 is 0 Å². The second-order valence-electron chi connectivity index (χ2n) is 6.47. The van der Waals surface area contributed by atoms with Gasteiger partial charge in [-0.1, -0.05) is 24.3 Å². The lowest BCUT2D eigenvalue weighted by Crippen LogP contribution is -2.37. The molecule has 2 amide bonds. The standard InChI is InChI=1S/C20H24N2O3/c1-14(20(24)21-9-11-22-10-3-4-19(22)23)15-5-6-17-13-18(25-2)8-7-16(17)12-15/h5-8,12-14H,3-4,9-11H2,1-2H3,(H,21,24). The van der Waals surface area contributed by atoms with Gasteiger partial charge in [0.1, 0.15) is 5.75 Å². The molecule has 0 saturated carbocycles. The molecule has 5 heteroatoms. The molecular weight excluding hydrogens is 316 g/mol. The number of ether oxygens (including phenoxy) is 1. The second kappa shape index (κ2) is 7.55. The van der Waals surface area contributed by atoms with Crippen LogP contribution in [0.5, 0.6) is 5.75 Å². The fourth-order valence-electron chi connectivity index (χ4n) is 3.20. The minimum absolute atomic E-state index is 0.0143. The number of hydrogen-bond acceptors (Lipinski definition) is 3. The molecule has 1 fully saturated rings. The van der Waals surface area contributed by atoms with Gasteiger partial charge in [-0.25, -0.2) is 0 Å². The fourth-order valence-corrected chi connectivity index (χ4v) is 3.20. The third kappa shape index (κ3) is 3.92. The largest absolute Gasteiger partial charge is 0.497 e. The maximum atomic E-state index is 12.4. The van der Waals surface area contributed by atoms with Crippen LogP contribution in [0.3, 0.4) is 0 Å². The molecule has 0 bridgehead atoms. The first-order valence-corrected chi connectivity index (χ1v) is 8.71. The van der Waals surface area contributed by atoms with Crippen molar-refractivity contribution in [3.63, 3.8) is 0 Å². The van der Waals surface area contributed by atoms with E-state index in [0.29, 0.717) is 19.5 Å². The van der Waals surface area contributed by atoms with Crippen molar-refractivity contribution in [3.05, 3.63) is 42.0 Å². The molecular formula is C20H24N2O3. The summed E-state index contributed by atoms with van der Waals surface area (Å²) in [5.41, 5.74) is 0.979. The Kier molecular flexibility index (Phi) is 5.22. The molecule has 0 spiro atoms. The molecule has 1 heterocycles. The third-order valence-corrected chi connectivity index (χ3v) is 4.82. The van der Waals surface area contributed by atoms with E-state index in [-0.39, 0.29) is 17.7 Å². The molecule has 2 aromatic rings. The van der Waals surface area contributed by atoms with Crippen molar-refractivity contribution in [1.29, 1.82) is 0 Å². The van der Waals surface area contributed by atoms with Crippen molar-refractivity contribution < 1.29 is 14.3 Å².